The van der Waals surface area contributed by atoms with Crippen LogP contribution in [0.5, 0.6) is 23.0 Å². The first-order valence-corrected chi connectivity index (χ1v) is 20.8. The Balaban J connectivity index is 1.32. The van der Waals surface area contributed by atoms with Gasteiger partial charge < -0.3 is 39.4 Å². The summed E-state index contributed by atoms with van der Waals surface area (Å²) < 4.78 is 22.4. The second kappa shape index (κ2) is 19.0. The summed E-state index contributed by atoms with van der Waals surface area (Å²) in [5.41, 5.74) is 8.59. The fraction of sp³-hybridized carbons (Fsp3) is 0.0769. The molecule has 4 N–H and O–H groups in total. The number of carbonyl (C=O) groups is 4. The number of fused-ring (bicyclic) bond motifs is 4. The molecule has 0 aromatic heterocycles. The largest absolute Gasteiger partial charge is 0.482 e. The van der Waals surface area contributed by atoms with Crippen molar-refractivity contribution in [2.24, 2.45) is 20.0 Å². The Kier molecular flexibility index (Phi) is 12.2. The number of carboxylic acid groups (broad SMARTS) is 4. The van der Waals surface area contributed by atoms with E-state index in [0.29, 0.717) is 113 Å². The van der Waals surface area contributed by atoms with Crippen molar-refractivity contribution in [3.05, 3.63) is 191 Å². The number of nitrogens with zero attached hydrogens (tertiary/aromatic N) is 4. The van der Waals surface area contributed by atoms with Gasteiger partial charge in [-0.25, -0.2) is 39.1 Å². The number of aliphatic imine (C=N–C) groups is 4. The topological polar surface area (TPSA) is 236 Å². The van der Waals surface area contributed by atoms with Gasteiger partial charge in [-0.2, -0.15) is 0 Å². The summed E-state index contributed by atoms with van der Waals surface area (Å²) in [4.78, 5) is 66.8. The van der Waals surface area contributed by atoms with Crippen molar-refractivity contribution in [2.45, 2.75) is 0 Å². The lowest BCUT2D eigenvalue weighted by molar-refractivity contribution is -0.140. The van der Waals surface area contributed by atoms with Crippen LogP contribution in [0.15, 0.2) is 188 Å². The molecular weight excluding hydrogens is 873 g/mol. The number of ether oxygens (including phenoxy) is 4. The molecule has 0 fully saturated rings. The zero-order valence-corrected chi connectivity index (χ0v) is 35.5. The van der Waals surface area contributed by atoms with E-state index in [1.54, 1.807) is 72.8 Å². The van der Waals surface area contributed by atoms with Gasteiger partial charge in [-0.15, -0.1) is 0 Å². The number of hydrogen-bond donors (Lipinski definition) is 4. The van der Waals surface area contributed by atoms with Crippen molar-refractivity contribution in [1.82, 2.24) is 0 Å². The molecule has 0 atom stereocenters. The standard InChI is InChI=1S/C52H36N4O12/c57-45(58)25-65-33-9-1-5-29(21-33)49-37-13-15-39(53-37)50(30-6-2-10-34(22-30)66-26-46(59)60)41-17-19-43(55-41)52(32-8-4-12-36(24-32)68-28-48(63)64)44-20-18-42(56-44)51(40-16-14-38(49)54-40)31-7-3-11-35(23-31)67-27-47(61)62/h1-24H,25-28H2,(H,57,58)(H,59,60)(H,61,62)(H,63,64). The number of allylic oxidation sites excluding steroid dienone is 12. The molecule has 0 amide bonds. The highest BCUT2D eigenvalue weighted by Gasteiger charge is 2.28. The summed E-state index contributed by atoms with van der Waals surface area (Å²) in [5, 5.41) is 37.6. The van der Waals surface area contributed by atoms with Crippen molar-refractivity contribution in [1.29, 1.82) is 0 Å². The van der Waals surface area contributed by atoms with Gasteiger partial charge in [0.15, 0.2) is 26.4 Å². The third-order valence-corrected chi connectivity index (χ3v) is 10.5. The Morgan fingerprint density at radius 1 is 0.338 bits per heavy atom. The number of hydrogen-bond acceptors (Lipinski definition) is 12. The second-order valence-corrected chi connectivity index (χ2v) is 15.2. The van der Waals surface area contributed by atoms with Crippen LogP contribution >= 0.6 is 0 Å². The molecule has 16 nitrogen and oxygen atoms in total. The maximum absolute atomic E-state index is 11.5. The van der Waals surface area contributed by atoms with E-state index in [4.69, 9.17) is 38.9 Å². The maximum Gasteiger partial charge on any atom is 0.341 e. The van der Waals surface area contributed by atoms with E-state index in [1.165, 1.54) is 0 Å². The fourth-order valence-electron chi connectivity index (χ4n) is 7.82. The monoisotopic (exact) mass is 908 g/mol. The highest BCUT2D eigenvalue weighted by atomic mass is 16.5. The summed E-state index contributed by atoms with van der Waals surface area (Å²) in [7, 11) is 0. The van der Waals surface area contributed by atoms with Crippen molar-refractivity contribution in [3.63, 3.8) is 0 Å². The van der Waals surface area contributed by atoms with Gasteiger partial charge in [-0.1, -0.05) is 48.5 Å². The molecule has 4 aromatic carbocycles. The highest BCUT2D eigenvalue weighted by Crippen LogP contribution is 2.40. The molecule has 336 valence electrons. The highest BCUT2D eigenvalue weighted by molar-refractivity contribution is 6.39. The van der Waals surface area contributed by atoms with E-state index in [0.717, 1.165) is 0 Å². The van der Waals surface area contributed by atoms with Gasteiger partial charge in [0.05, 0.1) is 45.6 Å². The molecule has 0 radical (unpaired) electrons. The van der Waals surface area contributed by atoms with Crippen molar-refractivity contribution in [2.75, 3.05) is 26.4 Å². The van der Waals surface area contributed by atoms with Gasteiger partial charge in [0.25, 0.3) is 0 Å². The predicted octanol–water partition coefficient (Wildman–Crippen LogP) is 7.54. The lowest BCUT2D eigenvalue weighted by Gasteiger charge is -2.14. The summed E-state index contributed by atoms with van der Waals surface area (Å²) in [6.45, 7) is -2.26. The van der Waals surface area contributed by atoms with Crippen LogP contribution in [0, 0.1) is 0 Å². The van der Waals surface area contributed by atoms with Gasteiger partial charge in [0.1, 0.15) is 23.0 Å². The summed E-state index contributed by atoms with van der Waals surface area (Å²) in [6.07, 6.45) is 14.6. The van der Waals surface area contributed by atoms with Gasteiger partial charge in [0.2, 0.25) is 0 Å². The van der Waals surface area contributed by atoms with E-state index >= 15 is 0 Å². The first-order valence-electron chi connectivity index (χ1n) is 20.8. The van der Waals surface area contributed by atoms with E-state index in [1.807, 2.05) is 72.9 Å². The first kappa shape index (κ1) is 43.8. The molecule has 5 heterocycles. The number of carboxylic acids is 4. The van der Waals surface area contributed by atoms with E-state index in [9.17, 15) is 39.6 Å². The average molecular weight is 909 g/mol. The number of benzene rings is 4. The Morgan fingerprint density at radius 3 is 0.765 bits per heavy atom. The predicted molar refractivity (Wildman–Crippen MR) is 252 cm³/mol. The summed E-state index contributed by atoms with van der Waals surface area (Å²) >= 11 is 0. The lowest BCUT2D eigenvalue weighted by Crippen LogP contribution is -2.10. The van der Waals surface area contributed by atoms with Crippen LogP contribution in [0.2, 0.25) is 0 Å². The molecule has 0 saturated carbocycles. The van der Waals surface area contributed by atoms with Crippen LogP contribution in [0.25, 0.3) is 22.3 Å². The van der Waals surface area contributed by atoms with Crippen molar-refractivity contribution < 1.29 is 58.6 Å². The van der Waals surface area contributed by atoms with E-state index in [2.05, 4.69) is 0 Å². The van der Waals surface area contributed by atoms with Crippen molar-refractivity contribution >= 4 is 69.0 Å². The summed E-state index contributed by atoms with van der Waals surface area (Å²) in [6, 6.07) is 27.7. The molecule has 0 saturated heterocycles. The normalized spacial score (nSPS) is 15.6. The van der Waals surface area contributed by atoms with Crippen LogP contribution in [-0.4, -0.2) is 93.6 Å². The molecule has 16 heteroatoms. The Morgan fingerprint density at radius 2 is 0.559 bits per heavy atom. The molecule has 0 unspecified atom stereocenters. The molecule has 5 aliphatic rings. The van der Waals surface area contributed by atoms with E-state index in [-0.39, 0.29) is 0 Å². The smallest absolute Gasteiger partial charge is 0.341 e. The molecule has 9 rings (SSSR count). The molecule has 0 aliphatic carbocycles. The molecule has 68 heavy (non-hydrogen) atoms. The minimum atomic E-state index is -1.14. The van der Waals surface area contributed by atoms with E-state index < -0.39 is 50.3 Å². The lowest BCUT2D eigenvalue weighted by atomic mass is 9.98. The van der Waals surface area contributed by atoms with Gasteiger partial charge in [-0.05, 0) is 119 Å². The minimum absolute atomic E-state index is 0.298. The van der Waals surface area contributed by atoms with Gasteiger partial charge in [-0.3, -0.25) is 0 Å². The van der Waals surface area contributed by atoms with Gasteiger partial charge in [0, 0.05) is 22.3 Å². The SMILES string of the molecule is O=C(O)COc1cccc(C2=C3C=CC(=N3)C(c3cccc(OCC(=O)O)c3)=C3C=CC(=N3)C(c3cccc(OCC(=O)O)c3)=C3C=CC(=N3)C(c3cccc(OCC(=O)O)c3)=C3C=CC2=N3)c1. The van der Waals surface area contributed by atoms with Crippen LogP contribution in [-0.2, 0) is 19.2 Å². The zero-order valence-electron chi connectivity index (χ0n) is 35.5. The average Bonchev–Trinajstić information content (AvgIpc) is 4.18. The number of rotatable bonds is 16. The third-order valence-electron chi connectivity index (χ3n) is 10.5. The Labute approximate surface area is 386 Å². The maximum atomic E-state index is 11.5. The Hall–Kier alpha value is -9.44. The number of aliphatic carboxylic acids is 4. The van der Waals surface area contributed by atoms with Gasteiger partial charge >= 0.3 is 23.9 Å². The molecule has 0 spiro atoms. The molecule has 8 bridgehead atoms. The first-order chi connectivity index (χ1) is 32.9. The quantitative estimate of drug-likeness (QED) is 0.0853. The summed E-state index contributed by atoms with van der Waals surface area (Å²) in [5.74, 6) is -3.38. The Bertz CT molecular complexity index is 2820. The fourth-order valence-corrected chi connectivity index (χ4v) is 7.82. The minimum Gasteiger partial charge on any atom is -0.482 e. The van der Waals surface area contributed by atoms with Crippen LogP contribution in [0.3, 0.4) is 0 Å². The molecular formula is C52H36N4O12. The van der Waals surface area contributed by atoms with Crippen LogP contribution in [0.1, 0.15) is 22.3 Å². The van der Waals surface area contributed by atoms with Crippen LogP contribution < -0.4 is 18.9 Å². The second-order valence-electron chi connectivity index (χ2n) is 15.2. The van der Waals surface area contributed by atoms with Crippen molar-refractivity contribution in [3.8, 4) is 23.0 Å². The third kappa shape index (κ3) is 9.64. The zero-order chi connectivity index (χ0) is 47.3. The molecule has 4 aromatic rings. The molecule has 5 aliphatic heterocycles. The van der Waals surface area contributed by atoms with Crippen LogP contribution in [0.4, 0.5) is 0 Å².